The highest BCUT2D eigenvalue weighted by Crippen LogP contribution is 2.28. The summed E-state index contributed by atoms with van der Waals surface area (Å²) in [5, 5.41) is 12.4. The Bertz CT molecular complexity index is 449. The summed E-state index contributed by atoms with van der Waals surface area (Å²) in [6, 6.07) is 4.13. The minimum atomic E-state index is 0.169. The van der Waals surface area contributed by atoms with E-state index < -0.39 is 0 Å². The van der Waals surface area contributed by atoms with Gasteiger partial charge in [-0.15, -0.1) is 11.3 Å². The Hall–Kier alpha value is -1.13. The first-order valence-corrected chi connectivity index (χ1v) is 6.42. The quantitative estimate of drug-likeness (QED) is 0.866. The molecule has 0 aromatic carbocycles. The van der Waals surface area contributed by atoms with Crippen molar-refractivity contribution in [2.75, 3.05) is 24.6 Å². The highest BCUT2D eigenvalue weighted by atomic mass is 32.1. The Kier molecular flexibility index (Phi) is 3.74. The molecule has 2 aromatic heterocycles. The second kappa shape index (κ2) is 5.27. The summed E-state index contributed by atoms with van der Waals surface area (Å²) in [5.74, 6) is 0.995. The molecule has 2 rings (SSSR count). The van der Waals surface area contributed by atoms with E-state index in [1.54, 1.807) is 11.3 Å². The van der Waals surface area contributed by atoms with Gasteiger partial charge in [0.15, 0.2) is 0 Å². The molecule has 0 radical (unpaired) electrons. The van der Waals surface area contributed by atoms with E-state index in [4.69, 9.17) is 5.11 Å². The number of aromatic nitrogens is 1. The molecule has 0 fully saturated rings. The number of aliphatic hydroxyl groups excluding tert-OH is 1. The first kappa shape index (κ1) is 11.4. The zero-order chi connectivity index (χ0) is 11.4. The van der Waals surface area contributed by atoms with Crippen molar-refractivity contribution in [1.82, 2.24) is 4.98 Å². The van der Waals surface area contributed by atoms with Gasteiger partial charge in [-0.05, 0) is 23.9 Å². The third-order valence-corrected chi connectivity index (χ3v) is 3.40. The second-order valence-electron chi connectivity index (χ2n) is 3.68. The van der Waals surface area contributed by atoms with Crippen LogP contribution in [0.1, 0.15) is 13.3 Å². The molecule has 3 nitrogen and oxygen atoms in total. The van der Waals surface area contributed by atoms with Crippen molar-refractivity contribution >= 4 is 27.2 Å². The molecule has 1 N–H and O–H groups in total. The van der Waals surface area contributed by atoms with E-state index in [0.717, 1.165) is 18.8 Å². The van der Waals surface area contributed by atoms with Crippen molar-refractivity contribution < 1.29 is 5.11 Å². The number of thiophene rings is 1. The monoisotopic (exact) mass is 236 g/mol. The molecule has 0 aliphatic carbocycles. The smallest absolute Gasteiger partial charge is 0.137 e. The van der Waals surface area contributed by atoms with Gasteiger partial charge in [0.1, 0.15) is 5.82 Å². The molecule has 0 amide bonds. The van der Waals surface area contributed by atoms with Crippen LogP contribution in [0.2, 0.25) is 0 Å². The Morgan fingerprint density at radius 3 is 3.00 bits per heavy atom. The van der Waals surface area contributed by atoms with Crippen LogP contribution in [0, 0.1) is 0 Å². The minimum absolute atomic E-state index is 0.169. The fourth-order valence-electron chi connectivity index (χ4n) is 1.85. The number of hydrogen-bond acceptors (Lipinski definition) is 4. The molecule has 0 unspecified atom stereocenters. The minimum Gasteiger partial charge on any atom is -0.395 e. The number of rotatable bonds is 5. The highest BCUT2D eigenvalue weighted by Gasteiger charge is 2.10. The molecule has 0 aliphatic heterocycles. The standard InChI is InChI=1S/C12H16N2OS/c1-2-6-14(7-8-15)12-10-4-9-16-11(10)3-5-13-12/h3-5,9,15H,2,6-8H2,1H3. The maximum Gasteiger partial charge on any atom is 0.137 e. The Morgan fingerprint density at radius 1 is 1.38 bits per heavy atom. The van der Waals surface area contributed by atoms with Crippen molar-refractivity contribution in [3.8, 4) is 0 Å². The summed E-state index contributed by atoms with van der Waals surface area (Å²) in [5.41, 5.74) is 0. The van der Waals surface area contributed by atoms with E-state index >= 15 is 0 Å². The summed E-state index contributed by atoms with van der Waals surface area (Å²) < 4.78 is 1.25. The van der Waals surface area contributed by atoms with Gasteiger partial charge >= 0.3 is 0 Å². The predicted molar refractivity (Wildman–Crippen MR) is 69.2 cm³/mol. The van der Waals surface area contributed by atoms with E-state index in [0.29, 0.717) is 6.54 Å². The van der Waals surface area contributed by atoms with Gasteiger partial charge in [0.25, 0.3) is 0 Å². The molecule has 0 saturated carbocycles. The van der Waals surface area contributed by atoms with E-state index in [1.165, 1.54) is 10.1 Å². The first-order chi connectivity index (χ1) is 7.86. The van der Waals surface area contributed by atoms with Crippen LogP contribution in [0.3, 0.4) is 0 Å². The van der Waals surface area contributed by atoms with Crippen LogP contribution >= 0.6 is 11.3 Å². The number of fused-ring (bicyclic) bond motifs is 1. The summed E-state index contributed by atoms with van der Waals surface area (Å²) in [7, 11) is 0. The fraction of sp³-hybridized carbons (Fsp3) is 0.417. The van der Waals surface area contributed by atoms with Crippen LogP contribution in [0.15, 0.2) is 23.7 Å². The van der Waals surface area contributed by atoms with Crippen molar-refractivity contribution in [3.05, 3.63) is 23.7 Å². The van der Waals surface area contributed by atoms with Gasteiger partial charge < -0.3 is 10.0 Å². The SMILES string of the molecule is CCCN(CCO)c1nccc2sccc12. The molecular weight excluding hydrogens is 220 g/mol. The largest absolute Gasteiger partial charge is 0.395 e. The van der Waals surface area contributed by atoms with Crippen molar-refractivity contribution in [1.29, 1.82) is 0 Å². The molecule has 0 bridgehead atoms. The van der Waals surface area contributed by atoms with Gasteiger partial charge in [0.2, 0.25) is 0 Å². The molecular formula is C12H16N2OS. The van der Waals surface area contributed by atoms with Crippen molar-refractivity contribution in [2.45, 2.75) is 13.3 Å². The van der Waals surface area contributed by atoms with Gasteiger partial charge in [0, 0.05) is 29.4 Å². The number of hydrogen-bond donors (Lipinski definition) is 1. The van der Waals surface area contributed by atoms with Gasteiger partial charge in [-0.2, -0.15) is 0 Å². The average Bonchev–Trinajstić information content (AvgIpc) is 2.76. The lowest BCUT2D eigenvalue weighted by Crippen LogP contribution is -2.28. The van der Waals surface area contributed by atoms with Gasteiger partial charge in [-0.1, -0.05) is 6.92 Å². The van der Waals surface area contributed by atoms with Crippen molar-refractivity contribution in [3.63, 3.8) is 0 Å². The summed E-state index contributed by atoms with van der Waals surface area (Å²) in [6.45, 7) is 3.89. The zero-order valence-electron chi connectivity index (χ0n) is 9.39. The Balaban J connectivity index is 2.38. The molecule has 0 saturated heterocycles. The van der Waals surface area contributed by atoms with Crippen LogP contribution in [0.5, 0.6) is 0 Å². The Labute approximate surface area is 99.4 Å². The van der Waals surface area contributed by atoms with Crippen LogP contribution in [0.25, 0.3) is 10.1 Å². The second-order valence-corrected chi connectivity index (χ2v) is 4.63. The third kappa shape index (κ3) is 2.18. The van der Waals surface area contributed by atoms with Crippen LogP contribution in [0.4, 0.5) is 5.82 Å². The lowest BCUT2D eigenvalue weighted by atomic mass is 10.3. The van der Waals surface area contributed by atoms with Gasteiger partial charge in [-0.25, -0.2) is 4.98 Å². The number of nitrogens with zero attached hydrogens (tertiary/aromatic N) is 2. The fourth-order valence-corrected chi connectivity index (χ4v) is 2.62. The predicted octanol–water partition coefficient (Wildman–Crippen LogP) is 2.51. The molecule has 0 aliphatic rings. The van der Waals surface area contributed by atoms with Crippen LogP contribution < -0.4 is 4.90 Å². The summed E-state index contributed by atoms with van der Waals surface area (Å²) in [4.78, 5) is 6.59. The van der Waals surface area contributed by atoms with Crippen LogP contribution in [-0.2, 0) is 0 Å². The van der Waals surface area contributed by atoms with Gasteiger partial charge in [0.05, 0.1) is 6.61 Å². The maximum absolute atomic E-state index is 9.08. The summed E-state index contributed by atoms with van der Waals surface area (Å²) in [6.07, 6.45) is 2.90. The Morgan fingerprint density at radius 2 is 2.25 bits per heavy atom. The third-order valence-electron chi connectivity index (χ3n) is 2.52. The number of anilines is 1. The van der Waals surface area contributed by atoms with E-state index in [1.807, 2.05) is 12.3 Å². The molecule has 2 heterocycles. The lowest BCUT2D eigenvalue weighted by Gasteiger charge is -2.22. The normalized spacial score (nSPS) is 10.9. The molecule has 0 atom stereocenters. The topological polar surface area (TPSA) is 36.4 Å². The lowest BCUT2D eigenvalue weighted by molar-refractivity contribution is 0.301. The van der Waals surface area contributed by atoms with Crippen LogP contribution in [-0.4, -0.2) is 29.8 Å². The molecule has 0 spiro atoms. The van der Waals surface area contributed by atoms with E-state index in [2.05, 4.69) is 28.3 Å². The summed E-state index contributed by atoms with van der Waals surface area (Å²) >= 11 is 1.73. The van der Waals surface area contributed by atoms with Crippen molar-refractivity contribution in [2.24, 2.45) is 0 Å². The van der Waals surface area contributed by atoms with Gasteiger partial charge in [-0.3, -0.25) is 0 Å². The number of aliphatic hydroxyl groups is 1. The zero-order valence-corrected chi connectivity index (χ0v) is 10.2. The number of pyridine rings is 1. The first-order valence-electron chi connectivity index (χ1n) is 5.55. The molecule has 2 aromatic rings. The van der Waals surface area contributed by atoms with E-state index in [9.17, 15) is 0 Å². The average molecular weight is 236 g/mol. The highest BCUT2D eigenvalue weighted by molar-refractivity contribution is 7.17. The molecule has 86 valence electrons. The molecule has 16 heavy (non-hydrogen) atoms. The maximum atomic E-state index is 9.08. The molecule has 4 heteroatoms. The van der Waals surface area contributed by atoms with E-state index in [-0.39, 0.29) is 6.61 Å².